The second-order valence-corrected chi connectivity index (χ2v) is 9.63. The molecule has 1 saturated heterocycles. The SMILES string of the molecule is Cc1cccc(C)c1NC(=O)Cn1c(=O)n(C(C)C)c(=O)c2sc(N3CCCCC3)nc21. The number of rotatable bonds is 5. The Bertz CT molecular complexity index is 1260. The van der Waals surface area contributed by atoms with Crippen LogP contribution in [0.25, 0.3) is 10.3 Å². The quantitative estimate of drug-likeness (QED) is 0.637. The highest BCUT2D eigenvalue weighted by Gasteiger charge is 2.23. The summed E-state index contributed by atoms with van der Waals surface area (Å²) in [6, 6.07) is 5.46. The van der Waals surface area contributed by atoms with Gasteiger partial charge in [0.25, 0.3) is 5.56 Å². The Morgan fingerprint density at radius 1 is 1.12 bits per heavy atom. The second-order valence-electron chi connectivity index (χ2n) is 8.65. The van der Waals surface area contributed by atoms with Crippen LogP contribution >= 0.6 is 11.3 Å². The summed E-state index contributed by atoms with van der Waals surface area (Å²) < 4.78 is 2.97. The predicted octanol–water partition coefficient (Wildman–Crippen LogP) is 3.45. The average Bonchev–Trinajstić information content (AvgIpc) is 3.20. The monoisotopic (exact) mass is 455 g/mol. The lowest BCUT2D eigenvalue weighted by atomic mass is 10.1. The molecule has 4 rings (SSSR count). The third kappa shape index (κ3) is 4.09. The number of amides is 1. The van der Waals surface area contributed by atoms with Gasteiger partial charge in [-0.3, -0.25) is 18.7 Å². The zero-order valence-electron chi connectivity index (χ0n) is 19.0. The van der Waals surface area contributed by atoms with Gasteiger partial charge in [-0.1, -0.05) is 29.5 Å². The highest BCUT2D eigenvalue weighted by Crippen LogP contribution is 2.28. The van der Waals surface area contributed by atoms with Crippen molar-refractivity contribution < 1.29 is 4.79 Å². The molecule has 1 N–H and O–H groups in total. The van der Waals surface area contributed by atoms with Crippen molar-refractivity contribution in [2.24, 2.45) is 0 Å². The highest BCUT2D eigenvalue weighted by molar-refractivity contribution is 7.22. The number of aryl methyl sites for hydroxylation is 2. The third-order valence-corrected chi connectivity index (χ3v) is 6.99. The molecule has 0 unspecified atom stereocenters. The van der Waals surface area contributed by atoms with Crippen molar-refractivity contribution in [1.82, 2.24) is 14.1 Å². The Kier molecular flexibility index (Phi) is 6.19. The van der Waals surface area contributed by atoms with Gasteiger partial charge in [-0.05, 0) is 58.1 Å². The Labute approximate surface area is 190 Å². The Morgan fingerprint density at radius 3 is 2.41 bits per heavy atom. The summed E-state index contributed by atoms with van der Waals surface area (Å²) in [4.78, 5) is 46.2. The summed E-state index contributed by atoms with van der Waals surface area (Å²) in [7, 11) is 0. The van der Waals surface area contributed by atoms with Gasteiger partial charge in [0.05, 0.1) is 0 Å². The maximum atomic E-state index is 13.2. The van der Waals surface area contributed by atoms with Crippen LogP contribution < -0.4 is 21.5 Å². The molecule has 0 bridgehead atoms. The van der Waals surface area contributed by atoms with Gasteiger partial charge in [-0.2, -0.15) is 0 Å². The number of piperidine rings is 1. The number of aromatic nitrogens is 3. The van der Waals surface area contributed by atoms with Crippen molar-refractivity contribution in [2.45, 2.75) is 59.5 Å². The molecule has 1 aliphatic rings. The fraction of sp³-hybridized carbons (Fsp3) is 0.478. The Morgan fingerprint density at radius 2 is 1.78 bits per heavy atom. The molecule has 0 spiro atoms. The molecule has 1 amide bonds. The minimum atomic E-state index is -0.510. The molecule has 0 atom stereocenters. The zero-order valence-corrected chi connectivity index (χ0v) is 19.8. The van der Waals surface area contributed by atoms with Gasteiger partial charge in [0.2, 0.25) is 5.91 Å². The van der Waals surface area contributed by atoms with Gasteiger partial charge in [0.15, 0.2) is 10.8 Å². The highest BCUT2D eigenvalue weighted by atomic mass is 32.1. The summed E-state index contributed by atoms with van der Waals surface area (Å²) >= 11 is 1.31. The molecule has 2 aromatic heterocycles. The number of nitrogens with zero attached hydrogens (tertiary/aromatic N) is 4. The van der Waals surface area contributed by atoms with Gasteiger partial charge < -0.3 is 10.2 Å². The third-order valence-electron chi connectivity index (χ3n) is 5.89. The van der Waals surface area contributed by atoms with E-state index < -0.39 is 5.69 Å². The number of anilines is 2. The summed E-state index contributed by atoms with van der Waals surface area (Å²) in [5.74, 6) is -0.327. The van der Waals surface area contributed by atoms with E-state index in [4.69, 9.17) is 0 Å². The van der Waals surface area contributed by atoms with Crippen molar-refractivity contribution in [3.05, 3.63) is 50.2 Å². The van der Waals surface area contributed by atoms with Crippen LogP contribution in [-0.4, -0.2) is 33.1 Å². The molecule has 3 aromatic rings. The van der Waals surface area contributed by atoms with Gasteiger partial charge in [0, 0.05) is 24.8 Å². The molecule has 1 aromatic carbocycles. The molecule has 0 saturated carbocycles. The van der Waals surface area contributed by atoms with Gasteiger partial charge in [-0.25, -0.2) is 9.78 Å². The molecule has 8 nitrogen and oxygen atoms in total. The van der Waals surface area contributed by atoms with Gasteiger partial charge >= 0.3 is 5.69 Å². The minimum absolute atomic E-state index is 0.209. The lowest BCUT2D eigenvalue weighted by Crippen LogP contribution is -2.42. The number of hydrogen-bond donors (Lipinski definition) is 1. The molecule has 32 heavy (non-hydrogen) atoms. The Hall–Kier alpha value is -2.94. The summed E-state index contributed by atoms with van der Waals surface area (Å²) in [6.45, 7) is 9.00. The van der Waals surface area contributed by atoms with Crippen molar-refractivity contribution in [3.8, 4) is 0 Å². The molecule has 170 valence electrons. The van der Waals surface area contributed by atoms with Crippen molar-refractivity contribution >= 4 is 38.4 Å². The van der Waals surface area contributed by atoms with E-state index in [-0.39, 0.29) is 24.1 Å². The van der Waals surface area contributed by atoms with E-state index in [1.165, 1.54) is 26.9 Å². The molecular formula is C23H29N5O3S. The smallest absolute Gasteiger partial charge is 0.333 e. The lowest BCUT2D eigenvalue weighted by Gasteiger charge is -2.25. The van der Waals surface area contributed by atoms with Crippen LogP contribution in [-0.2, 0) is 11.3 Å². The van der Waals surface area contributed by atoms with Crippen molar-refractivity contribution in [3.63, 3.8) is 0 Å². The summed E-state index contributed by atoms with van der Waals surface area (Å²) in [5.41, 5.74) is 2.08. The molecule has 1 aliphatic heterocycles. The Balaban J connectivity index is 1.78. The summed E-state index contributed by atoms with van der Waals surface area (Å²) in [6.07, 6.45) is 3.35. The molecule has 3 heterocycles. The molecule has 1 fully saturated rings. The summed E-state index contributed by atoms with van der Waals surface area (Å²) in [5, 5.41) is 3.67. The first kappa shape index (κ1) is 22.3. The number of fused-ring (bicyclic) bond motifs is 1. The predicted molar refractivity (Wildman–Crippen MR) is 129 cm³/mol. The number of hydrogen-bond acceptors (Lipinski definition) is 6. The van der Waals surface area contributed by atoms with E-state index in [2.05, 4.69) is 15.2 Å². The van der Waals surface area contributed by atoms with Crippen LogP contribution in [0.15, 0.2) is 27.8 Å². The fourth-order valence-corrected chi connectivity index (χ4v) is 5.25. The fourth-order valence-electron chi connectivity index (χ4n) is 4.19. The normalized spacial score (nSPS) is 14.3. The molecule has 9 heteroatoms. The van der Waals surface area contributed by atoms with Gasteiger partial charge in [0.1, 0.15) is 11.2 Å². The first-order valence-electron chi connectivity index (χ1n) is 11.0. The van der Waals surface area contributed by atoms with E-state index in [1.807, 2.05) is 32.0 Å². The number of carbonyl (C=O) groups is 1. The van der Waals surface area contributed by atoms with Crippen LogP contribution in [0.4, 0.5) is 10.8 Å². The maximum absolute atomic E-state index is 13.2. The molecule has 0 radical (unpaired) electrons. The van der Waals surface area contributed by atoms with E-state index in [0.29, 0.717) is 10.3 Å². The number of benzene rings is 1. The van der Waals surface area contributed by atoms with E-state index >= 15 is 0 Å². The van der Waals surface area contributed by atoms with Crippen LogP contribution in [0.2, 0.25) is 0 Å². The second kappa shape index (κ2) is 8.90. The minimum Gasteiger partial charge on any atom is -0.348 e. The standard InChI is InChI=1S/C23H29N5O3S/c1-14(2)28-21(30)19-20(25-22(32-19)26-11-6-5-7-12-26)27(23(28)31)13-17(29)24-18-15(3)9-8-10-16(18)4/h8-10,14H,5-7,11-13H2,1-4H3,(H,24,29). The number of carbonyl (C=O) groups excluding carboxylic acids is 1. The van der Waals surface area contributed by atoms with Crippen LogP contribution in [0.5, 0.6) is 0 Å². The zero-order chi connectivity index (χ0) is 23.0. The van der Waals surface area contributed by atoms with Gasteiger partial charge in [-0.15, -0.1) is 0 Å². The lowest BCUT2D eigenvalue weighted by molar-refractivity contribution is -0.116. The first-order chi connectivity index (χ1) is 15.3. The maximum Gasteiger partial charge on any atom is 0.333 e. The molecule has 0 aliphatic carbocycles. The first-order valence-corrected chi connectivity index (χ1v) is 11.9. The van der Waals surface area contributed by atoms with E-state index in [1.54, 1.807) is 13.8 Å². The number of thiazole rings is 1. The van der Waals surface area contributed by atoms with Crippen LogP contribution in [0, 0.1) is 13.8 Å². The van der Waals surface area contributed by atoms with E-state index in [9.17, 15) is 14.4 Å². The van der Waals surface area contributed by atoms with Crippen molar-refractivity contribution in [1.29, 1.82) is 0 Å². The number of nitrogens with one attached hydrogen (secondary N) is 1. The average molecular weight is 456 g/mol. The largest absolute Gasteiger partial charge is 0.348 e. The van der Waals surface area contributed by atoms with Crippen molar-refractivity contribution in [2.75, 3.05) is 23.3 Å². The molecular weight excluding hydrogens is 426 g/mol. The van der Waals surface area contributed by atoms with E-state index in [0.717, 1.165) is 47.9 Å². The number of para-hydroxylation sites is 1. The topological polar surface area (TPSA) is 89.2 Å². The van der Waals surface area contributed by atoms with Crippen LogP contribution in [0.1, 0.15) is 50.3 Å². The van der Waals surface area contributed by atoms with Crippen LogP contribution in [0.3, 0.4) is 0 Å².